The van der Waals surface area contributed by atoms with E-state index in [0.29, 0.717) is 24.3 Å². The van der Waals surface area contributed by atoms with E-state index in [2.05, 4.69) is 29.3 Å². The van der Waals surface area contributed by atoms with E-state index in [1.165, 1.54) is 17.7 Å². The Labute approximate surface area is 119 Å². The van der Waals surface area contributed by atoms with Crippen LogP contribution in [-0.4, -0.2) is 23.4 Å². The van der Waals surface area contributed by atoms with E-state index in [4.69, 9.17) is 5.73 Å². The molecule has 1 heterocycles. The van der Waals surface area contributed by atoms with Crippen molar-refractivity contribution >= 4 is 17.2 Å². The molecular formula is C15H24N2OS. The van der Waals surface area contributed by atoms with Crippen molar-refractivity contribution in [1.82, 2.24) is 4.90 Å². The Hall–Kier alpha value is -0.870. The van der Waals surface area contributed by atoms with E-state index in [-0.39, 0.29) is 0 Å². The highest BCUT2D eigenvalue weighted by Gasteiger charge is 2.32. The normalized spacial score (nSPS) is 16.3. The summed E-state index contributed by atoms with van der Waals surface area (Å²) in [5.74, 6) is 0.872. The summed E-state index contributed by atoms with van der Waals surface area (Å²) in [5, 5.41) is 2.08. The second kappa shape index (κ2) is 7.06. The summed E-state index contributed by atoms with van der Waals surface area (Å²) in [6.45, 7) is 3.70. The fraction of sp³-hybridized carbons (Fsp3) is 0.667. The molecule has 1 aromatic rings. The van der Waals surface area contributed by atoms with Gasteiger partial charge in [0.15, 0.2) is 0 Å². The molecule has 106 valence electrons. The van der Waals surface area contributed by atoms with Crippen LogP contribution in [0.4, 0.5) is 0 Å². The molecule has 1 amide bonds. The van der Waals surface area contributed by atoms with Crippen LogP contribution in [0.1, 0.15) is 43.9 Å². The lowest BCUT2D eigenvalue weighted by molar-refractivity contribution is -0.132. The maximum absolute atomic E-state index is 12.4. The Morgan fingerprint density at radius 3 is 2.89 bits per heavy atom. The predicted octanol–water partition coefficient (Wildman–Crippen LogP) is 3.00. The number of amides is 1. The molecule has 1 fully saturated rings. The third kappa shape index (κ3) is 4.62. The fourth-order valence-corrected chi connectivity index (χ4v) is 3.02. The Kier molecular flexibility index (Phi) is 5.40. The molecule has 1 aliphatic rings. The number of hydrogen-bond acceptors (Lipinski definition) is 3. The highest BCUT2D eigenvalue weighted by Crippen LogP contribution is 2.30. The number of carbonyl (C=O) groups excluding carboxylic acids is 1. The van der Waals surface area contributed by atoms with Crippen molar-refractivity contribution in [2.24, 2.45) is 11.7 Å². The number of thiophene rings is 1. The molecule has 4 heteroatoms. The van der Waals surface area contributed by atoms with E-state index >= 15 is 0 Å². The van der Waals surface area contributed by atoms with Gasteiger partial charge < -0.3 is 10.6 Å². The molecule has 0 saturated heterocycles. The Balaban J connectivity index is 1.83. The molecule has 0 aromatic carbocycles. The average molecular weight is 280 g/mol. The van der Waals surface area contributed by atoms with Gasteiger partial charge >= 0.3 is 0 Å². The molecule has 0 spiro atoms. The largest absolute Gasteiger partial charge is 0.335 e. The third-order valence-electron chi connectivity index (χ3n) is 3.72. The van der Waals surface area contributed by atoms with E-state index < -0.39 is 0 Å². The summed E-state index contributed by atoms with van der Waals surface area (Å²) < 4.78 is 0. The van der Waals surface area contributed by atoms with E-state index in [0.717, 1.165) is 25.9 Å². The Bertz CT molecular complexity index is 387. The number of hydrogen-bond donors (Lipinski definition) is 1. The molecule has 1 aromatic heterocycles. The summed E-state index contributed by atoms with van der Waals surface area (Å²) in [7, 11) is 0. The van der Waals surface area contributed by atoms with Gasteiger partial charge in [-0.05, 0) is 49.6 Å². The van der Waals surface area contributed by atoms with Crippen LogP contribution < -0.4 is 5.73 Å². The molecular weight excluding hydrogens is 256 g/mol. The molecule has 1 atom stereocenters. The first-order valence-electron chi connectivity index (χ1n) is 7.22. The minimum absolute atomic E-state index is 0.319. The third-order valence-corrected chi connectivity index (χ3v) is 4.59. The van der Waals surface area contributed by atoms with Gasteiger partial charge in [-0.2, -0.15) is 0 Å². The molecule has 3 nitrogen and oxygen atoms in total. The first kappa shape index (κ1) is 14.5. The molecule has 1 unspecified atom stereocenters. The van der Waals surface area contributed by atoms with Gasteiger partial charge in [0.25, 0.3) is 0 Å². The van der Waals surface area contributed by atoms with Gasteiger partial charge in [0.2, 0.25) is 5.91 Å². The van der Waals surface area contributed by atoms with Crippen molar-refractivity contribution in [2.75, 3.05) is 6.54 Å². The summed E-state index contributed by atoms with van der Waals surface area (Å²) >= 11 is 1.74. The molecule has 2 rings (SSSR count). The number of carbonyl (C=O) groups is 1. The minimum Gasteiger partial charge on any atom is -0.335 e. The van der Waals surface area contributed by atoms with Crippen LogP contribution in [0.2, 0.25) is 0 Å². The van der Waals surface area contributed by atoms with Gasteiger partial charge in [0.05, 0.1) is 6.54 Å². The van der Waals surface area contributed by atoms with Crippen LogP contribution in [0.5, 0.6) is 0 Å². The van der Waals surface area contributed by atoms with E-state index in [9.17, 15) is 4.79 Å². The zero-order chi connectivity index (χ0) is 13.7. The van der Waals surface area contributed by atoms with E-state index in [1.807, 2.05) is 0 Å². The van der Waals surface area contributed by atoms with Gasteiger partial charge in [-0.25, -0.2) is 0 Å². The maximum atomic E-state index is 12.4. The Morgan fingerprint density at radius 1 is 1.53 bits per heavy atom. The molecule has 2 N–H and O–H groups in total. The summed E-state index contributed by atoms with van der Waals surface area (Å²) in [4.78, 5) is 15.7. The highest BCUT2D eigenvalue weighted by atomic mass is 32.1. The predicted molar refractivity (Wildman–Crippen MR) is 80.0 cm³/mol. The SMILES string of the molecule is CC(CCN)CCC(=O)N(Cc1cccs1)C1CC1. The summed E-state index contributed by atoms with van der Waals surface area (Å²) in [6.07, 6.45) is 5.00. The lowest BCUT2D eigenvalue weighted by Crippen LogP contribution is -2.32. The number of nitrogens with zero attached hydrogens (tertiary/aromatic N) is 1. The zero-order valence-corrected chi connectivity index (χ0v) is 12.5. The standard InChI is InChI=1S/C15H24N2OS/c1-12(8-9-16)4-7-15(18)17(13-5-6-13)11-14-3-2-10-19-14/h2-3,10,12-13H,4-9,11,16H2,1H3. The monoisotopic (exact) mass is 280 g/mol. The van der Waals surface area contributed by atoms with Crippen molar-refractivity contribution in [3.05, 3.63) is 22.4 Å². The van der Waals surface area contributed by atoms with Crippen LogP contribution in [-0.2, 0) is 11.3 Å². The molecule has 19 heavy (non-hydrogen) atoms. The maximum Gasteiger partial charge on any atom is 0.223 e. The van der Waals surface area contributed by atoms with Gasteiger partial charge in [0, 0.05) is 17.3 Å². The lowest BCUT2D eigenvalue weighted by Gasteiger charge is -2.22. The molecule has 0 bridgehead atoms. The van der Waals surface area contributed by atoms with Crippen LogP contribution in [0, 0.1) is 5.92 Å². The van der Waals surface area contributed by atoms with E-state index in [1.54, 1.807) is 11.3 Å². The molecule has 0 aliphatic heterocycles. The fourth-order valence-electron chi connectivity index (χ4n) is 2.32. The minimum atomic E-state index is 0.319. The Morgan fingerprint density at radius 2 is 2.32 bits per heavy atom. The highest BCUT2D eigenvalue weighted by molar-refractivity contribution is 7.09. The van der Waals surface area contributed by atoms with Crippen LogP contribution in [0.25, 0.3) is 0 Å². The van der Waals surface area contributed by atoms with Crippen LogP contribution in [0.3, 0.4) is 0 Å². The number of rotatable bonds is 8. The van der Waals surface area contributed by atoms with Crippen LogP contribution in [0.15, 0.2) is 17.5 Å². The first-order chi connectivity index (χ1) is 9.20. The van der Waals surface area contributed by atoms with Crippen molar-refractivity contribution < 1.29 is 4.79 Å². The molecule has 1 aliphatic carbocycles. The zero-order valence-electron chi connectivity index (χ0n) is 11.7. The molecule has 0 radical (unpaired) electrons. The van der Waals surface area contributed by atoms with Crippen LogP contribution >= 0.6 is 11.3 Å². The quantitative estimate of drug-likeness (QED) is 0.795. The topological polar surface area (TPSA) is 46.3 Å². The summed E-state index contributed by atoms with van der Waals surface area (Å²) in [5.41, 5.74) is 5.55. The van der Waals surface area contributed by atoms with Gasteiger partial charge in [-0.15, -0.1) is 11.3 Å². The van der Waals surface area contributed by atoms with Gasteiger partial charge in [-0.3, -0.25) is 4.79 Å². The lowest BCUT2D eigenvalue weighted by atomic mass is 10.0. The van der Waals surface area contributed by atoms with Gasteiger partial charge in [-0.1, -0.05) is 13.0 Å². The summed E-state index contributed by atoms with van der Waals surface area (Å²) in [6, 6.07) is 4.67. The smallest absolute Gasteiger partial charge is 0.223 e. The number of nitrogens with two attached hydrogens (primary N) is 1. The second-order valence-electron chi connectivity index (χ2n) is 5.55. The van der Waals surface area contributed by atoms with Crippen molar-refractivity contribution in [3.63, 3.8) is 0 Å². The van der Waals surface area contributed by atoms with Crippen molar-refractivity contribution in [1.29, 1.82) is 0 Å². The van der Waals surface area contributed by atoms with Gasteiger partial charge in [0.1, 0.15) is 0 Å². The average Bonchev–Trinajstić information content (AvgIpc) is 3.10. The molecule has 1 saturated carbocycles. The van der Waals surface area contributed by atoms with Crippen molar-refractivity contribution in [3.8, 4) is 0 Å². The second-order valence-corrected chi connectivity index (χ2v) is 6.59. The van der Waals surface area contributed by atoms with Crippen molar-refractivity contribution in [2.45, 2.75) is 51.6 Å². The first-order valence-corrected chi connectivity index (χ1v) is 8.10.